The highest BCUT2D eigenvalue weighted by molar-refractivity contribution is 5.75. The van der Waals surface area contributed by atoms with Crippen molar-refractivity contribution in [1.29, 1.82) is 0 Å². The second-order valence-corrected chi connectivity index (χ2v) is 22.9. The molecule has 0 radical (unpaired) electrons. The van der Waals surface area contributed by atoms with E-state index in [-0.39, 0.29) is 43.1 Å². The number of nitrogens with zero attached hydrogens (tertiary/aromatic N) is 3. The van der Waals surface area contributed by atoms with E-state index < -0.39 is 96.0 Å². The van der Waals surface area contributed by atoms with Crippen LogP contribution >= 0.6 is 0 Å². The minimum absolute atomic E-state index is 0.0961. The lowest BCUT2D eigenvalue weighted by atomic mass is 9.77. The number of hydrogen-bond acceptors (Lipinski definition) is 17. The van der Waals surface area contributed by atoms with Gasteiger partial charge in [0.1, 0.15) is 35.8 Å². The van der Waals surface area contributed by atoms with Gasteiger partial charge in [0, 0.05) is 57.1 Å². The number of esters is 1. The van der Waals surface area contributed by atoms with Crippen LogP contribution in [0.25, 0.3) is 0 Å². The van der Waals surface area contributed by atoms with Gasteiger partial charge >= 0.3 is 5.97 Å². The Labute approximate surface area is 432 Å². The lowest BCUT2D eigenvalue weighted by molar-refractivity contribution is -0.318. The minimum Gasteiger partial charge on any atom is -0.459 e. The normalized spacial score (nSPS) is 42.2. The second-order valence-electron chi connectivity index (χ2n) is 22.9. The number of benzene rings is 1. The van der Waals surface area contributed by atoms with E-state index in [1.807, 2.05) is 50.7 Å². The Bertz CT molecular complexity index is 1780. The Hall–Kier alpha value is -2.20. The van der Waals surface area contributed by atoms with Gasteiger partial charge in [0.15, 0.2) is 12.6 Å². The number of likely N-dealkylation sites (tertiary alicyclic amines) is 1. The Kier molecular flexibility index (Phi) is 23.6. The van der Waals surface area contributed by atoms with Crippen molar-refractivity contribution in [3.8, 4) is 0 Å². The summed E-state index contributed by atoms with van der Waals surface area (Å²) in [6, 6.07) is 10.1. The van der Waals surface area contributed by atoms with Gasteiger partial charge in [-0.25, -0.2) is 0 Å². The molecule has 4 aliphatic rings. The first kappa shape index (κ1) is 62.3. The van der Waals surface area contributed by atoms with Gasteiger partial charge < -0.3 is 78.2 Å². The van der Waals surface area contributed by atoms with E-state index in [9.17, 15) is 35.1 Å². The topological polar surface area (TPSA) is 210 Å². The number of carbonyl (C=O) groups is 2. The van der Waals surface area contributed by atoms with Crippen molar-refractivity contribution < 1.29 is 68.3 Å². The molecular formula is C55H97N3O14. The summed E-state index contributed by atoms with van der Waals surface area (Å²) in [7, 11) is 7.40. The lowest BCUT2D eigenvalue weighted by Crippen LogP contribution is -2.60. The zero-order valence-corrected chi connectivity index (χ0v) is 46.7. The number of Topliss-reactive ketones (excluding diaryl/α,β-unsaturated/α-hetero) is 1. The van der Waals surface area contributed by atoms with Crippen LogP contribution < -0.4 is 0 Å². The van der Waals surface area contributed by atoms with Crippen molar-refractivity contribution in [3.05, 3.63) is 35.9 Å². The van der Waals surface area contributed by atoms with Crippen LogP contribution in [0.5, 0.6) is 0 Å². The summed E-state index contributed by atoms with van der Waals surface area (Å²) in [6.45, 7) is 24.1. The summed E-state index contributed by atoms with van der Waals surface area (Å²) in [4.78, 5) is 32.2. The van der Waals surface area contributed by atoms with Crippen LogP contribution in [-0.4, -0.2) is 202 Å². The van der Waals surface area contributed by atoms with E-state index in [0.717, 1.165) is 19.6 Å². The number of methoxy groups -OCH3 is 1. The number of aliphatic hydroxyl groups is 5. The summed E-state index contributed by atoms with van der Waals surface area (Å²) in [5.74, 6) is -2.61. The van der Waals surface area contributed by atoms with Crippen LogP contribution in [0.4, 0.5) is 0 Å². The molecule has 0 unspecified atom stereocenters. The SMILES string of the molecule is CC[C@H]1OC(=O)[C@H](C)[C@@H](O[C@H]2C[C@@](C)(OC)[C@@H](O)[C@H](C)O2)[C@H](C)[C@@H](O[C@@H]2O[C@H](C)C[C@H](N(C)CCCC(C)=O)[C@H]2O)[C@](C)(O)C[C@@H](C)CN(C)[C@H](C)[C@@H](O)[C@]1(C)O.C[C@@H]1C[C@@H](OCc2ccccc2)CN1C. The van der Waals surface area contributed by atoms with Crippen LogP contribution in [0.1, 0.15) is 134 Å². The maximum atomic E-state index is 14.3. The molecule has 0 aromatic heterocycles. The summed E-state index contributed by atoms with van der Waals surface area (Å²) in [5, 5.41) is 58.8. The predicted octanol–water partition coefficient (Wildman–Crippen LogP) is 4.94. The first-order valence-corrected chi connectivity index (χ1v) is 26.7. The van der Waals surface area contributed by atoms with Crippen LogP contribution in [-0.2, 0) is 49.4 Å². The van der Waals surface area contributed by atoms with E-state index in [4.69, 9.17) is 33.2 Å². The first-order valence-electron chi connectivity index (χ1n) is 26.7. The van der Waals surface area contributed by atoms with Crippen molar-refractivity contribution in [3.63, 3.8) is 0 Å². The molecule has 4 heterocycles. The molecule has 4 aliphatic heterocycles. The van der Waals surface area contributed by atoms with Crippen LogP contribution in [0.2, 0.25) is 0 Å². The molecule has 4 fully saturated rings. The smallest absolute Gasteiger partial charge is 0.311 e. The number of rotatable bonds is 14. The maximum absolute atomic E-state index is 14.3. The molecule has 17 heteroatoms. The van der Waals surface area contributed by atoms with Gasteiger partial charge in [-0.3, -0.25) is 4.79 Å². The summed E-state index contributed by atoms with van der Waals surface area (Å²) in [6.07, 6.45) is -6.12. The zero-order valence-electron chi connectivity index (χ0n) is 46.7. The molecule has 5 N–H and O–H groups in total. The second kappa shape index (κ2) is 27.2. The van der Waals surface area contributed by atoms with Crippen LogP contribution in [0.3, 0.4) is 0 Å². The fraction of sp³-hybridized carbons (Fsp3) is 0.855. The number of carbonyl (C=O) groups excluding carboxylic acids is 2. The fourth-order valence-corrected chi connectivity index (χ4v) is 11.4. The molecule has 416 valence electrons. The van der Waals surface area contributed by atoms with Gasteiger partial charge in [0.2, 0.25) is 0 Å². The minimum atomic E-state index is -1.82. The highest BCUT2D eigenvalue weighted by Gasteiger charge is 2.53. The quantitative estimate of drug-likeness (QED) is 0.157. The average Bonchev–Trinajstić information content (AvgIpc) is 3.65. The highest BCUT2D eigenvalue weighted by atomic mass is 16.7. The van der Waals surface area contributed by atoms with E-state index >= 15 is 0 Å². The fourth-order valence-electron chi connectivity index (χ4n) is 11.4. The van der Waals surface area contributed by atoms with Gasteiger partial charge in [0.25, 0.3) is 0 Å². The monoisotopic (exact) mass is 1020 g/mol. The van der Waals surface area contributed by atoms with Crippen molar-refractivity contribution in [2.75, 3.05) is 47.9 Å². The zero-order chi connectivity index (χ0) is 54.0. The molecular weight excluding hydrogens is 927 g/mol. The maximum Gasteiger partial charge on any atom is 0.311 e. The molecule has 4 saturated heterocycles. The third-order valence-electron chi connectivity index (χ3n) is 16.3. The van der Waals surface area contributed by atoms with Crippen molar-refractivity contribution in [2.45, 2.75) is 237 Å². The summed E-state index contributed by atoms with van der Waals surface area (Å²) in [5.41, 5.74) is -3.20. The molecule has 72 heavy (non-hydrogen) atoms. The molecule has 20 atom stereocenters. The molecule has 0 aliphatic carbocycles. The van der Waals surface area contributed by atoms with Crippen molar-refractivity contribution in [1.82, 2.24) is 14.7 Å². The van der Waals surface area contributed by atoms with E-state index in [0.29, 0.717) is 44.5 Å². The lowest BCUT2D eigenvalue weighted by Gasteiger charge is -2.49. The predicted molar refractivity (Wildman–Crippen MR) is 275 cm³/mol. The van der Waals surface area contributed by atoms with Crippen molar-refractivity contribution in [2.24, 2.45) is 17.8 Å². The number of cyclic esters (lactones) is 1. The number of ketones is 1. The molecule has 5 rings (SSSR count). The molecule has 0 spiro atoms. The molecule has 0 bridgehead atoms. The van der Waals surface area contributed by atoms with Gasteiger partial charge in [-0.15, -0.1) is 0 Å². The van der Waals surface area contributed by atoms with Gasteiger partial charge in [-0.05, 0) is 134 Å². The molecule has 1 aromatic rings. The first-order chi connectivity index (χ1) is 33.6. The Morgan fingerprint density at radius 2 is 1.54 bits per heavy atom. The van der Waals surface area contributed by atoms with Gasteiger partial charge in [0.05, 0.1) is 54.2 Å². The third-order valence-corrected chi connectivity index (χ3v) is 16.3. The third kappa shape index (κ3) is 16.4. The van der Waals surface area contributed by atoms with Crippen LogP contribution in [0, 0.1) is 17.8 Å². The number of ether oxygens (including phenoxy) is 7. The molecule has 0 amide bonds. The van der Waals surface area contributed by atoms with E-state index in [1.165, 1.54) is 19.6 Å². The van der Waals surface area contributed by atoms with E-state index in [2.05, 4.69) is 43.1 Å². The standard InChI is InChI=1S/C42H78N2O13.C13H19NO/c1-15-31-42(11,51)35(47)28(7)44(13)22-23(2)20-40(9,50)37(57-39-33(46)30(19-25(4)53-39)43(12)18-16-17-24(3)45)26(5)34(27(6)38(49)55-31)56-32-21-41(10,52-14)36(48)29(8)54-32;1-11-8-13(9-14(11)2)15-10-12-6-4-3-5-7-12/h23,25-37,39,46-48,50-51H,15-22H2,1-14H3;3-7,11,13H,8-10H2,1-2H3/t23-,25-,26+,27-,28-,29+,30+,31-,32+,33-,34+,35-,36+,37-,39+,40-,41-,42-;11-,13-/m11/s1. The molecule has 17 nitrogen and oxygen atoms in total. The molecule has 0 saturated carbocycles. The van der Waals surface area contributed by atoms with Crippen LogP contribution in [0.15, 0.2) is 30.3 Å². The summed E-state index contributed by atoms with van der Waals surface area (Å²) < 4.78 is 43.7. The van der Waals surface area contributed by atoms with Gasteiger partial charge in [-0.1, -0.05) is 51.1 Å². The number of aliphatic hydroxyl groups excluding tert-OH is 3. The van der Waals surface area contributed by atoms with E-state index in [1.54, 1.807) is 48.5 Å². The highest BCUT2D eigenvalue weighted by Crippen LogP contribution is 2.40. The Morgan fingerprint density at radius 3 is 2.12 bits per heavy atom. The average molecular weight is 1020 g/mol. The molecule has 1 aromatic carbocycles. The number of likely N-dealkylation sites (N-methyl/N-ethyl adjacent to an activating group) is 3. The van der Waals surface area contributed by atoms with Crippen molar-refractivity contribution >= 4 is 11.8 Å². The largest absolute Gasteiger partial charge is 0.459 e. The Morgan fingerprint density at radius 1 is 0.889 bits per heavy atom. The summed E-state index contributed by atoms with van der Waals surface area (Å²) >= 11 is 0. The van der Waals surface area contributed by atoms with Gasteiger partial charge in [-0.2, -0.15) is 0 Å². The number of hydrogen-bond donors (Lipinski definition) is 5. The Balaban J connectivity index is 0.000000632.